The summed E-state index contributed by atoms with van der Waals surface area (Å²) >= 11 is 0. The minimum absolute atomic E-state index is 0.00754. The molecule has 4 nitrogen and oxygen atoms in total. The van der Waals surface area contributed by atoms with Crippen molar-refractivity contribution >= 4 is 17.5 Å². The Kier molecular flexibility index (Phi) is 7.10. The Labute approximate surface area is 146 Å². The first-order chi connectivity index (χ1) is 12.0. The van der Waals surface area contributed by atoms with Crippen LogP contribution in [0.25, 0.3) is 0 Å². The second-order valence-electron chi connectivity index (χ2n) is 6.20. The van der Waals surface area contributed by atoms with Gasteiger partial charge in [-0.25, -0.2) is 8.78 Å². The number of carbonyl (C=O) groups excluding carboxylic acids is 2. The van der Waals surface area contributed by atoms with E-state index in [1.165, 1.54) is 31.4 Å². The van der Waals surface area contributed by atoms with Gasteiger partial charge in [-0.3, -0.25) is 9.59 Å². The zero-order valence-corrected chi connectivity index (χ0v) is 14.5. The first kappa shape index (κ1) is 19.1. The molecule has 0 fully saturated rings. The van der Waals surface area contributed by atoms with Gasteiger partial charge in [0, 0.05) is 26.4 Å². The summed E-state index contributed by atoms with van der Waals surface area (Å²) in [5, 5.41) is 2.80. The van der Waals surface area contributed by atoms with Crippen LogP contribution in [0.3, 0.4) is 0 Å². The third-order valence-electron chi connectivity index (χ3n) is 4.30. The molecule has 0 spiro atoms. The number of para-hydroxylation sites is 1. The quantitative estimate of drug-likeness (QED) is 0.762. The third-order valence-corrected chi connectivity index (χ3v) is 4.30. The molecule has 0 saturated heterocycles. The van der Waals surface area contributed by atoms with E-state index in [0.29, 0.717) is 6.54 Å². The number of benzene rings is 1. The summed E-state index contributed by atoms with van der Waals surface area (Å²) in [5.74, 6) is -2.39. The molecule has 136 valence electrons. The molecule has 25 heavy (non-hydrogen) atoms. The van der Waals surface area contributed by atoms with Crippen molar-refractivity contribution < 1.29 is 18.4 Å². The van der Waals surface area contributed by atoms with E-state index in [-0.39, 0.29) is 18.9 Å². The first-order valence-corrected chi connectivity index (χ1v) is 8.65. The summed E-state index contributed by atoms with van der Waals surface area (Å²) in [7, 11) is 0. The molecule has 2 rings (SSSR count). The van der Waals surface area contributed by atoms with Gasteiger partial charge in [-0.1, -0.05) is 17.7 Å². The fourth-order valence-corrected chi connectivity index (χ4v) is 2.97. The van der Waals surface area contributed by atoms with E-state index >= 15 is 0 Å². The number of amides is 2. The van der Waals surface area contributed by atoms with Gasteiger partial charge in [-0.15, -0.1) is 0 Å². The van der Waals surface area contributed by atoms with Crippen LogP contribution in [-0.2, 0) is 9.59 Å². The van der Waals surface area contributed by atoms with Crippen LogP contribution in [0.4, 0.5) is 14.5 Å². The van der Waals surface area contributed by atoms with E-state index in [1.807, 2.05) is 0 Å². The van der Waals surface area contributed by atoms with E-state index in [4.69, 9.17) is 0 Å². The second kappa shape index (κ2) is 9.30. The van der Waals surface area contributed by atoms with Gasteiger partial charge in [0.05, 0.1) is 0 Å². The molecule has 1 aromatic carbocycles. The van der Waals surface area contributed by atoms with Crippen molar-refractivity contribution in [1.82, 2.24) is 5.32 Å². The number of allylic oxidation sites excluding steroid dienone is 1. The highest BCUT2D eigenvalue weighted by Gasteiger charge is 2.20. The normalized spacial score (nSPS) is 14.0. The van der Waals surface area contributed by atoms with Gasteiger partial charge in [0.25, 0.3) is 0 Å². The monoisotopic (exact) mass is 350 g/mol. The summed E-state index contributed by atoms with van der Waals surface area (Å²) < 4.78 is 27.7. The molecule has 1 N–H and O–H groups in total. The number of hydrogen-bond donors (Lipinski definition) is 1. The van der Waals surface area contributed by atoms with Crippen molar-refractivity contribution in [3.63, 3.8) is 0 Å². The Bertz CT molecular complexity index is 639. The van der Waals surface area contributed by atoms with Crippen LogP contribution >= 0.6 is 0 Å². The van der Waals surface area contributed by atoms with Crippen molar-refractivity contribution in [3.05, 3.63) is 41.5 Å². The smallest absolute Gasteiger partial charge is 0.224 e. The highest BCUT2D eigenvalue weighted by molar-refractivity contribution is 5.92. The first-order valence-electron chi connectivity index (χ1n) is 8.65. The van der Waals surface area contributed by atoms with Gasteiger partial charge in [0.1, 0.15) is 17.3 Å². The van der Waals surface area contributed by atoms with Crippen LogP contribution in [0, 0.1) is 11.6 Å². The summed E-state index contributed by atoms with van der Waals surface area (Å²) in [5.41, 5.74) is 0.959. The number of hydrogen-bond acceptors (Lipinski definition) is 2. The van der Waals surface area contributed by atoms with Crippen LogP contribution in [0.15, 0.2) is 29.8 Å². The number of carbonyl (C=O) groups is 2. The van der Waals surface area contributed by atoms with Gasteiger partial charge < -0.3 is 10.2 Å². The van der Waals surface area contributed by atoms with Gasteiger partial charge in [0.15, 0.2) is 0 Å². The lowest BCUT2D eigenvalue weighted by Crippen LogP contribution is -2.35. The molecule has 1 aliphatic carbocycles. The highest BCUT2D eigenvalue weighted by atomic mass is 19.1. The fourth-order valence-electron chi connectivity index (χ4n) is 2.97. The Hall–Kier alpha value is -2.24. The molecule has 6 heteroatoms. The Morgan fingerprint density at radius 2 is 1.92 bits per heavy atom. The maximum absolute atomic E-state index is 13.9. The highest BCUT2D eigenvalue weighted by Crippen LogP contribution is 2.23. The number of halogens is 2. The molecule has 0 saturated carbocycles. The fraction of sp³-hybridized carbons (Fsp3) is 0.474. The molecule has 0 atom stereocenters. The van der Waals surface area contributed by atoms with E-state index < -0.39 is 23.2 Å². The molecular weight excluding hydrogens is 326 g/mol. The predicted molar refractivity (Wildman–Crippen MR) is 93.2 cm³/mol. The molecule has 0 unspecified atom stereocenters. The maximum Gasteiger partial charge on any atom is 0.224 e. The minimum Gasteiger partial charge on any atom is -0.356 e. The molecular formula is C19H24F2N2O2. The van der Waals surface area contributed by atoms with Crippen molar-refractivity contribution in [2.75, 3.05) is 18.0 Å². The van der Waals surface area contributed by atoms with Crippen LogP contribution in [0.1, 0.15) is 45.4 Å². The zero-order chi connectivity index (χ0) is 18.2. The van der Waals surface area contributed by atoms with E-state index in [1.54, 1.807) is 0 Å². The average molecular weight is 350 g/mol. The maximum atomic E-state index is 13.9. The molecule has 1 aromatic rings. The summed E-state index contributed by atoms with van der Waals surface area (Å²) in [6.45, 7) is 1.69. The van der Waals surface area contributed by atoms with E-state index in [2.05, 4.69) is 11.4 Å². The molecule has 0 heterocycles. The van der Waals surface area contributed by atoms with Gasteiger partial charge in [-0.2, -0.15) is 0 Å². The number of anilines is 1. The van der Waals surface area contributed by atoms with Crippen molar-refractivity contribution in [1.29, 1.82) is 0 Å². The standard InChI is InChI=1S/C19H24F2N2O2/c1-14(24)23(19-16(20)8-5-9-17(19)21)13-11-18(25)22-12-10-15-6-3-2-4-7-15/h5-6,8-9H,2-4,7,10-13H2,1H3,(H,22,25). The number of rotatable bonds is 7. The zero-order valence-electron chi connectivity index (χ0n) is 14.5. The number of nitrogens with one attached hydrogen (secondary N) is 1. The van der Waals surface area contributed by atoms with Crippen LogP contribution < -0.4 is 10.2 Å². The van der Waals surface area contributed by atoms with Crippen molar-refractivity contribution in [2.45, 2.75) is 45.4 Å². The third kappa shape index (κ3) is 5.66. The molecule has 0 aromatic heterocycles. The Morgan fingerprint density at radius 3 is 2.52 bits per heavy atom. The molecule has 1 aliphatic rings. The Morgan fingerprint density at radius 1 is 1.20 bits per heavy atom. The largest absolute Gasteiger partial charge is 0.356 e. The predicted octanol–water partition coefficient (Wildman–Crippen LogP) is 3.71. The molecule has 2 amide bonds. The lowest BCUT2D eigenvalue weighted by Gasteiger charge is -2.22. The van der Waals surface area contributed by atoms with Gasteiger partial charge >= 0.3 is 0 Å². The van der Waals surface area contributed by atoms with Gasteiger partial charge in [0.2, 0.25) is 11.8 Å². The SMILES string of the molecule is CC(=O)N(CCC(=O)NCCC1=CCCCC1)c1c(F)cccc1F. The lowest BCUT2D eigenvalue weighted by atomic mass is 9.97. The average Bonchev–Trinajstić information content (AvgIpc) is 2.58. The molecule has 0 bridgehead atoms. The topological polar surface area (TPSA) is 49.4 Å². The van der Waals surface area contributed by atoms with E-state index in [9.17, 15) is 18.4 Å². The minimum atomic E-state index is -0.820. The van der Waals surface area contributed by atoms with Crippen molar-refractivity contribution in [2.24, 2.45) is 0 Å². The second-order valence-corrected chi connectivity index (χ2v) is 6.20. The van der Waals surface area contributed by atoms with Crippen LogP contribution in [0.5, 0.6) is 0 Å². The molecule has 0 aliphatic heterocycles. The van der Waals surface area contributed by atoms with Gasteiger partial charge in [-0.05, 0) is 44.2 Å². The van der Waals surface area contributed by atoms with Crippen LogP contribution in [-0.4, -0.2) is 24.9 Å². The summed E-state index contributed by atoms with van der Waals surface area (Å²) in [6.07, 6.45) is 7.65. The van der Waals surface area contributed by atoms with E-state index in [0.717, 1.165) is 36.3 Å². The number of nitrogens with zero attached hydrogens (tertiary/aromatic N) is 1. The lowest BCUT2D eigenvalue weighted by molar-refractivity contribution is -0.121. The van der Waals surface area contributed by atoms with Crippen LogP contribution in [0.2, 0.25) is 0 Å². The Balaban J connectivity index is 1.85. The molecule has 0 radical (unpaired) electrons. The summed E-state index contributed by atoms with van der Waals surface area (Å²) in [4.78, 5) is 24.7. The van der Waals surface area contributed by atoms with Crippen molar-refractivity contribution in [3.8, 4) is 0 Å². The summed E-state index contributed by atoms with van der Waals surface area (Å²) in [6, 6.07) is 3.41.